The maximum absolute atomic E-state index is 12.2. The number of hydrogen-bond donors (Lipinski definition) is 0. The molecule has 0 heterocycles. The number of carbonyl (C=O) groups excluding carboxylic acids is 1. The van der Waals surface area contributed by atoms with Crippen molar-refractivity contribution in [3.05, 3.63) is 35.9 Å². The zero-order valence-corrected chi connectivity index (χ0v) is 11.8. The van der Waals surface area contributed by atoms with Gasteiger partial charge >= 0.3 is 21.6 Å². The molecule has 0 bridgehead atoms. The lowest BCUT2D eigenvalue weighted by molar-refractivity contribution is -0.154. The number of halogens is 3. The fourth-order valence-electron chi connectivity index (χ4n) is 1.30. The average molecular weight is 326 g/mol. The van der Waals surface area contributed by atoms with Crippen molar-refractivity contribution in [1.29, 1.82) is 0 Å². The highest BCUT2D eigenvalue weighted by Crippen LogP contribution is 2.26. The number of esters is 1. The van der Waals surface area contributed by atoms with Crippen molar-refractivity contribution in [2.24, 2.45) is 0 Å². The fourth-order valence-corrected chi connectivity index (χ4v) is 1.93. The topological polar surface area (TPSA) is 69.7 Å². The van der Waals surface area contributed by atoms with Gasteiger partial charge in [0, 0.05) is 0 Å². The Labute approximate surface area is 119 Å². The Morgan fingerprint density at radius 3 is 2.29 bits per heavy atom. The van der Waals surface area contributed by atoms with Crippen LogP contribution in [0.3, 0.4) is 0 Å². The quantitative estimate of drug-likeness (QED) is 0.456. The highest BCUT2D eigenvalue weighted by Gasteiger charge is 2.49. The van der Waals surface area contributed by atoms with Gasteiger partial charge in [0.1, 0.15) is 6.61 Å². The molecule has 118 valence electrons. The van der Waals surface area contributed by atoms with Crippen LogP contribution >= 0.6 is 0 Å². The summed E-state index contributed by atoms with van der Waals surface area (Å²) in [5.74, 6) is -1.17. The van der Waals surface area contributed by atoms with E-state index in [-0.39, 0.29) is 13.0 Å². The molecule has 1 unspecified atom stereocenters. The lowest BCUT2D eigenvalue weighted by Gasteiger charge is -2.16. The largest absolute Gasteiger partial charge is 0.523 e. The zero-order valence-electron chi connectivity index (χ0n) is 11.0. The highest BCUT2D eigenvalue weighted by molar-refractivity contribution is 7.87. The Hall–Kier alpha value is -1.61. The molecule has 0 aliphatic heterocycles. The van der Waals surface area contributed by atoms with Gasteiger partial charge in [0.2, 0.25) is 0 Å². The van der Waals surface area contributed by atoms with Crippen LogP contribution in [0.15, 0.2) is 30.3 Å². The SMILES string of the molecule is CCC(OS(=O)(=O)C(F)(F)F)C(=O)OCc1ccccc1. The Morgan fingerprint density at radius 1 is 1.24 bits per heavy atom. The van der Waals surface area contributed by atoms with Crippen LogP contribution in [0, 0.1) is 0 Å². The molecular formula is C12H13F3O5S. The van der Waals surface area contributed by atoms with E-state index in [2.05, 4.69) is 4.18 Å². The van der Waals surface area contributed by atoms with E-state index < -0.39 is 27.7 Å². The molecule has 0 aliphatic carbocycles. The molecule has 1 aromatic carbocycles. The first-order valence-electron chi connectivity index (χ1n) is 5.87. The van der Waals surface area contributed by atoms with Gasteiger partial charge in [-0.1, -0.05) is 37.3 Å². The molecule has 0 N–H and O–H groups in total. The van der Waals surface area contributed by atoms with E-state index in [9.17, 15) is 26.4 Å². The summed E-state index contributed by atoms with van der Waals surface area (Å²) in [5.41, 5.74) is -4.97. The lowest BCUT2D eigenvalue weighted by Crippen LogP contribution is -2.34. The Kier molecular flexibility index (Phi) is 5.73. The van der Waals surface area contributed by atoms with E-state index in [0.29, 0.717) is 5.56 Å². The molecule has 1 aromatic rings. The second-order valence-electron chi connectivity index (χ2n) is 3.99. The maximum atomic E-state index is 12.2. The van der Waals surface area contributed by atoms with Gasteiger partial charge < -0.3 is 4.74 Å². The second-order valence-corrected chi connectivity index (χ2v) is 5.55. The molecule has 0 saturated carbocycles. The van der Waals surface area contributed by atoms with E-state index in [1.165, 1.54) is 6.92 Å². The molecule has 0 aliphatic rings. The molecule has 5 nitrogen and oxygen atoms in total. The highest BCUT2D eigenvalue weighted by atomic mass is 32.2. The molecule has 0 aromatic heterocycles. The number of carbonyl (C=O) groups is 1. The van der Waals surface area contributed by atoms with E-state index in [0.717, 1.165) is 0 Å². The van der Waals surface area contributed by atoms with Gasteiger partial charge in [0.05, 0.1) is 0 Å². The molecule has 9 heteroatoms. The Morgan fingerprint density at radius 2 is 1.81 bits per heavy atom. The van der Waals surface area contributed by atoms with E-state index in [1.807, 2.05) is 0 Å². The molecule has 0 radical (unpaired) electrons. The first-order valence-corrected chi connectivity index (χ1v) is 7.28. The predicted molar refractivity (Wildman–Crippen MR) is 66.4 cm³/mol. The third-order valence-electron chi connectivity index (χ3n) is 2.38. The number of hydrogen-bond acceptors (Lipinski definition) is 5. The third-order valence-corrected chi connectivity index (χ3v) is 3.44. The van der Waals surface area contributed by atoms with Gasteiger partial charge in [-0.15, -0.1) is 0 Å². The number of rotatable bonds is 6. The van der Waals surface area contributed by atoms with Crippen LogP contribution in [-0.4, -0.2) is 26.0 Å². The van der Waals surface area contributed by atoms with Gasteiger partial charge in [-0.2, -0.15) is 21.6 Å². The number of ether oxygens (including phenoxy) is 1. The van der Waals surface area contributed by atoms with Crippen molar-refractivity contribution in [1.82, 2.24) is 0 Å². The number of benzene rings is 1. The van der Waals surface area contributed by atoms with Crippen molar-refractivity contribution in [3.63, 3.8) is 0 Å². The van der Waals surface area contributed by atoms with Gasteiger partial charge in [0.25, 0.3) is 0 Å². The van der Waals surface area contributed by atoms with Crippen LogP contribution in [0.5, 0.6) is 0 Å². The lowest BCUT2D eigenvalue weighted by atomic mass is 10.2. The van der Waals surface area contributed by atoms with Crippen LogP contribution in [0.4, 0.5) is 13.2 Å². The summed E-state index contributed by atoms with van der Waals surface area (Å²) in [4.78, 5) is 11.6. The summed E-state index contributed by atoms with van der Waals surface area (Å²) in [7, 11) is -5.84. The maximum Gasteiger partial charge on any atom is 0.523 e. The summed E-state index contributed by atoms with van der Waals surface area (Å²) < 4.78 is 66.8. The van der Waals surface area contributed by atoms with Gasteiger partial charge in [-0.05, 0) is 12.0 Å². The standard InChI is InChI=1S/C12H13F3O5S/c1-2-10(20-21(17,18)12(13,14)15)11(16)19-8-9-6-4-3-5-7-9/h3-7,10H,2,8H2,1H3. The molecule has 1 rings (SSSR count). The molecular weight excluding hydrogens is 313 g/mol. The molecule has 0 fully saturated rings. The van der Waals surface area contributed by atoms with E-state index >= 15 is 0 Å². The van der Waals surface area contributed by atoms with Crippen LogP contribution in [0.2, 0.25) is 0 Å². The first kappa shape index (κ1) is 17.4. The molecule has 0 saturated heterocycles. The molecule has 0 amide bonds. The summed E-state index contributed by atoms with van der Waals surface area (Å²) >= 11 is 0. The zero-order chi connectivity index (χ0) is 16.1. The number of alkyl halides is 3. The van der Waals surface area contributed by atoms with Crippen molar-refractivity contribution >= 4 is 16.1 Å². The van der Waals surface area contributed by atoms with Gasteiger partial charge in [-0.25, -0.2) is 8.98 Å². The van der Waals surface area contributed by atoms with Crippen molar-refractivity contribution in [2.75, 3.05) is 0 Å². The Bertz CT molecular complexity index is 568. The smallest absolute Gasteiger partial charge is 0.459 e. The summed E-state index contributed by atoms with van der Waals surface area (Å²) in [6.07, 6.45) is -2.11. The summed E-state index contributed by atoms with van der Waals surface area (Å²) in [5, 5.41) is 0. The summed E-state index contributed by atoms with van der Waals surface area (Å²) in [6, 6.07) is 8.39. The summed E-state index contributed by atoms with van der Waals surface area (Å²) in [6.45, 7) is 1.12. The van der Waals surface area contributed by atoms with Crippen molar-refractivity contribution in [3.8, 4) is 0 Å². The van der Waals surface area contributed by atoms with Crippen LogP contribution in [-0.2, 0) is 30.4 Å². The second kappa shape index (κ2) is 6.90. The van der Waals surface area contributed by atoms with Crippen molar-refractivity contribution in [2.45, 2.75) is 31.6 Å². The minimum absolute atomic E-state index is 0.189. The monoisotopic (exact) mass is 326 g/mol. The molecule has 21 heavy (non-hydrogen) atoms. The van der Waals surface area contributed by atoms with Crippen LogP contribution in [0.25, 0.3) is 0 Å². The van der Waals surface area contributed by atoms with Gasteiger partial charge in [-0.3, -0.25) is 0 Å². The van der Waals surface area contributed by atoms with Crippen LogP contribution < -0.4 is 0 Å². The first-order chi connectivity index (χ1) is 9.67. The van der Waals surface area contributed by atoms with E-state index in [4.69, 9.17) is 4.74 Å². The van der Waals surface area contributed by atoms with Gasteiger partial charge in [0.15, 0.2) is 6.10 Å². The predicted octanol–water partition coefficient (Wildman–Crippen LogP) is 2.37. The minimum Gasteiger partial charge on any atom is -0.459 e. The van der Waals surface area contributed by atoms with Crippen molar-refractivity contribution < 1.29 is 35.3 Å². The normalized spacial score (nSPS) is 13.7. The van der Waals surface area contributed by atoms with Crippen LogP contribution in [0.1, 0.15) is 18.9 Å². The Balaban J connectivity index is 2.66. The molecule has 0 spiro atoms. The third kappa shape index (κ3) is 5.01. The fraction of sp³-hybridized carbons (Fsp3) is 0.417. The minimum atomic E-state index is -5.84. The molecule has 1 atom stereocenters. The van der Waals surface area contributed by atoms with E-state index in [1.54, 1.807) is 30.3 Å². The average Bonchev–Trinajstić information content (AvgIpc) is 2.42.